The van der Waals surface area contributed by atoms with Crippen molar-refractivity contribution in [1.29, 1.82) is 0 Å². The molecule has 1 aliphatic carbocycles. The SMILES string of the molecule is COc1cccc(-c2noc(N[C@@H]3CCC[C@@H]3O)n2)c1. The summed E-state index contributed by atoms with van der Waals surface area (Å²) >= 11 is 0. The molecule has 0 spiro atoms. The fraction of sp³-hybridized carbons (Fsp3) is 0.429. The van der Waals surface area contributed by atoms with E-state index in [1.54, 1.807) is 7.11 Å². The van der Waals surface area contributed by atoms with Crippen molar-refractivity contribution in [3.05, 3.63) is 24.3 Å². The number of nitrogens with one attached hydrogen (secondary N) is 1. The first-order chi connectivity index (χ1) is 9.76. The molecule has 0 aliphatic heterocycles. The Kier molecular flexibility index (Phi) is 3.56. The van der Waals surface area contributed by atoms with Gasteiger partial charge in [-0.3, -0.25) is 0 Å². The molecular weight excluding hydrogens is 258 g/mol. The normalized spacial score (nSPS) is 21.9. The first-order valence-corrected chi connectivity index (χ1v) is 6.69. The summed E-state index contributed by atoms with van der Waals surface area (Å²) in [5.41, 5.74) is 0.827. The van der Waals surface area contributed by atoms with E-state index >= 15 is 0 Å². The zero-order valence-electron chi connectivity index (χ0n) is 11.2. The van der Waals surface area contributed by atoms with E-state index in [-0.39, 0.29) is 12.1 Å². The molecule has 1 saturated carbocycles. The summed E-state index contributed by atoms with van der Waals surface area (Å²) < 4.78 is 10.3. The fourth-order valence-corrected chi connectivity index (χ4v) is 2.43. The van der Waals surface area contributed by atoms with Gasteiger partial charge in [-0.2, -0.15) is 4.98 Å². The lowest BCUT2D eigenvalue weighted by atomic mass is 10.2. The van der Waals surface area contributed by atoms with Crippen LogP contribution in [0.1, 0.15) is 19.3 Å². The molecule has 1 heterocycles. The summed E-state index contributed by atoms with van der Waals surface area (Å²) in [4.78, 5) is 4.30. The molecule has 0 bridgehead atoms. The van der Waals surface area contributed by atoms with Crippen LogP contribution in [0.25, 0.3) is 11.4 Å². The molecule has 106 valence electrons. The second kappa shape index (κ2) is 5.50. The highest BCUT2D eigenvalue weighted by Gasteiger charge is 2.26. The van der Waals surface area contributed by atoms with Crippen LogP contribution >= 0.6 is 0 Å². The predicted octanol–water partition coefficient (Wildman–Crippen LogP) is 2.07. The lowest BCUT2D eigenvalue weighted by Gasteiger charge is -2.13. The van der Waals surface area contributed by atoms with Gasteiger partial charge in [0.25, 0.3) is 0 Å². The number of aliphatic hydroxyl groups is 1. The van der Waals surface area contributed by atoms with Crippen molar-refractivity contribution in [2.75, 3.05) is 12.4 Å². The summed E-state index contributed by atoms with van der Waals surface area (Å²) in [7, 11) is 1.61. The Morgan fingerprint density at radius 3 is 3.05 bits per heavy atom. The summed E-state index contributed by atoms with van der Waals surface area (Å²) in [6, 6.07) is 7.80. The number of hydrogen-bond acceptors (Lipinski definition) is 6. The number of rotatable bonds is 4. The quantitative estimate of drug-likeness (QED) is 0.889. The van der Waals surface area contributed by atoms with E-state index in [1.807, 2.05) is 24.3 Å². The average molecular weight is 275 g/mol. The van der Waals surface area contributed by atoms with Gasteiger partial charge in [0.15, 0.2) is 0 Å². The van der Waals surface area contributed by atoms with Gasteiger partial charge in [0, 0.05) is 5.56 Å². The summed E-state index contributed by atoms with van der Waals surface area (Å²) in [6.45, 7) is 0. The molecule has 20 heavy (non-hydrogen) atoms. The third-order valence-corrected chi connectivity index (χ3v) is 3.54. The number of ether oxygens (including phenoxy) is 1. The largest absolute Gasteiger partial charge is 0.497 e. The molecule has 1 aliphatic rings. The van der Waals surface area contributed by atoms with Crippen LogP contribution < -0.4 is 10.1 Å². The van der Waals surface area contributed by atoms with Gasteiger partial charge in [0.2, 0.25) is 5.82 Å². The zero-order chi connectivity index (χ0) is 13.9. The Morgan fingerprint density at radius 2 is 2.30 bits per heavy atom. The molecule has 0 radical (unpaired) electrons. The van der Waals surface area contributed by atoms with Crippen LogP contribution in [-0.4, -0.2) is 34.5 Å². The Bertz CT molecular complexity index is 585. The molecular formula is C14H17N3O3. The van der Waals surface area contributed by atoms with E-state index in [2.05, 4.69) is 15.5 Å². The van der Waals surface area contributed by atoms with Gasteiger partial charge in [-0.25, -0.2) is 0 Å². The van der Waals surface area contributed by atoms with Crippen molar-refractivity contribution in [3.8, 4) is 17.1 Å². The van der Waals surface area contributed by atoms with Crippen molar-refractivity contribution in [2.45, 2.75) is 31.4 Å². The van der Waals surface area contributed by atoms with Crippen molar-refractivity contribution in [3.63, 3.8) is 0 Å². The number of anilines is 1. The van der Waals surface area contributed by atoms with Crippen molar-refractivity contribution in [1.82, 2.24) is 10.1 Å². The van der Waals surface area contributed by atoms with Crippen molar-refractivity contribution < 1.29 is 14.4 Å². The molecule has 2 N–H and O–H groups in total. The van der Waals surface area contributed by atoms with Gasteiger partial charge in [0.1, 0.15) is 5.75 Å². The molecule has 6 nitrogen and oxygen atoms in total. The number of methoxy groups -OCH3 is 1. The molecule has 3 rings (SSSR count). The average Bonchev–Trinajstić information content (AvgIpc) is 3.10. The van der Waals surface area contributed by atoms with Gasteiger partial charge >= 0.3 is 6.01 Å². The minimum atomic E-state index is -0.345. The molecule has 1 fully saturated rings. The van der Waals surface area contributed by atoms with Crippen LogP contribution in [0, 0.1) is 0 Å². The van der Waals surface area contributed by atoms with Gasteiger partial charge in [-0.05, 0) is 31.4 Å². The third-order valence-electron chi connectivity index (χ3n) is 3.54. The lowest BCUT2D eigenvalue weighted by Crippen LogP contribution is -2.27. The Labute approximate surface area is 116 Å². The standard InChI is InChI=1S/C14H17N3O3/c1-19-10-5-2-4-9(8-10)13-16-14(20-17-13)15-11-6-3-7-12(11)18/h2,4-5,8,11-12,18H,3,6-7H2,1H3,(H,15,16,17)/t11-,12+/m1/s1. The van der Waals surface area contributed by atoms with Gasteiger partial charge in [-0.1, -0.05) is 17.3 Å². The van der Waals surface area contributed by atoms with E-state index < -0.39 is 0 Å². The van der Waals surface area contributed by atoms with Crippen LogP contribution in [0.2, 0.25) is 0 Å². The van der Waals surface area contributed by atoms with Crippen LogP contribution in [0.3, 0.4) is 0 Å². The van der Waals surface area contributed by atoms with E-state index in [0.717, 1.165) is 30.6 Å². The van der Waals surface area contributed by atoms with Gasteiger partial charge in [0.05, 0.1) is 19.3 Å². The number of aliphatic hydroxyl groups excluding tert-OH is 1. The number of nitrogens with zero attached hydrogens (tertiary/aromatic N) is 2. The van der Waals surface area contributed by atoms with Crippen LogP contribution in [0.5, 0.6) is 5.75 Å². The molecule has 1 aromatic heterocycles. The van der Waals surface area contributed by atoms with Crippen LogP contribution in [-0.2, 0) is 0 Å². The Hall–Kier alpha value is -2.08. The molecule has 0 saturated heterocycles. The number of aromatic nitrogens is 2. The van der Waals surface area contributed by atoms with Crippen LogP contribution in [0.15, 0.2) is 28.8 Å². The lowest BCUT2D eigenvalue weighted by molar-refractivity contribution is 0.170. The minimum Gasteiger partial charge on any atom is -0.497 e. The van der Waals surface area contributed by atoms with Crippen molar-refractivity contribution in [2.24, 2.45) is 0 Å². The van der Waals surface area contributed by atoms with E-state index in [1.165, 1.54) is 0 Å². The van der Waals surface area contributed by atoms with E-state index in [9.17, 15) is 5.11 Å². The Balaban J connectivity index is 1.75. The molecule has 2 aromatic rings. The zero-order valence-corrected chi connectivity index (χ0v) is 11.2. The third kappa shape index (κ3) is 2.60. The maximum Gasteiger partial charge on any atom is 0.322 e. The summed E-state index contributed by atoms with van der Waals surface area (Å²) in [6.07, 6.45) is 2.39. The molecule has 2 atom stereocenters. The smallest absolute Gasteiger partial charge is 0.322 e. The van der Waals surface area contributed by atoms with Gasteiger partial charge in [-0.15, -0.1) is 0 Å². The maximum absolute atomic E-state index is 9.77. The summed E-state index contributed by atoms with van der Waals surface area (Å²) in [5.74, 6) is 1.24. The monoisotopic (exact) mass is 275 g/mol. The highest BCUT2D eigenvalue weighted by atomic mass is 16.5. The van der Waals surface area contributed by atoms with Gasteiger partial charge < -0.3 is 19.7 Å². The maximum atomic E-state index is 9.77. The molecule has 0 amide bonds. The number of benzene rings is 1. The fourth-order valence-electron chi connectivity index (χ4n) is 2.43. The highest BCUT2D eigenvalue weighted by Crippen LogP contribution is 2.25. The topological polar surface area (TPSA) is 80.4 Å². The minimum absolute atomic E-state index is 0.00592. The number of hydrogen-bond donors (Lipinski definition) is 2. The van der Waals surface area contributed by atoms with E-state index in [0.29, 0.717) is 11.8 Å². The molecule has 0 unspecified atom stereocenters. The Morgan fingerprint density at radius 1 is 1.40 bits per heavy atom. The second-order valence-electron chi connectivity index (χ2n) is 4.90. The first-order valence-electron chi connectivity index (χ1n) is 6.69. The first kappa shape index (κ1) is 12.9. The second-order valence-corrected chi connectivity index (χ2v) is 4.90. The van der Waals surface area contributed by atoms with E-state index in [4.69, 9.17) is 9.26 Å². The molecule has 6 heteroatoms. The van der Waals surface area contributed by atoms with Crippen LogP contribution in [0.4, 0.5) is 6.01 Å². The summed E-state index contributed by atoms with van der Waals surface area (Å²) in [5, 5.41) is 16.8. The molecule has 1 aromatic carbocycles. The highest BCUT2D eigenvalue weighted by molar-refractivity contribution is 5.57. The predicted molar refractivity (Wildman–Crippen MR) is 73.6 cm³/mol. The van der Waals surface area contributed by atoms with Crippen molar-refractivity contribution >= 4 is 6.01 Å².